The molecule has 0 saturated carbocycles. The topological polar surface area (TPSA) is 58.6 Å². The quantitative estimate of drug-likeness (QED) is 0.733. The Hall–Kier alpha value is -1.26. The predicted octanol–water partition coefficient (Wildman–Crippen LogP) is 0.991. The van der Waals surface area contributed by atoms with Gasteiger partial charge in [0.2, 0.25) is 0 Å². The minimum Gasteiger partial charge on any atom is -0.465 e. The minimum absolute atomic E-state index is 0.0441. The molecule has 5 heteroatoms. The van der Waals surface area contributed by atoms with Crippen molar-refractivity contribution in [3.63, 3.8) is 0 Å². The van der Waals surface area contributed by atoms with Crippen LogP contribution < -0.4 is 5.32 Å². The van der Waals surface area contributed by atoms with Gasteiger partial charge >= 0.3 is 12.0 Å². The van der Waals surface area contributed by atoms with Crippen molar-refractivity contribution in [2.45, 2.75) is 26.7 Å². The van der Waals surface area contributed by atoms with Crippen molar-refractivity contribution in [3.05, 3.63) is 0 Å². The third kappa shape index (κ3) is 4.08. The van der Waals surface area contributed by atoms with Crippen molar-refractivity contribution in [2.75, 3.05) is 26.2 Å². The fourth-order valence-electron chi connectivity index (χ4n) is 1.85. The Morgan fingerprint density at radius 3 is 2.88 bits per heavy atom. The molecule has 0 aromatic carbocycles. The molecule has 92 valence electrons. The van der Waals surface area contributed by atoms with Gasteiger partial charge in [-0.1, -0.05) is 6.92 Å². The fraction of sp³-hybridized carbons (Fsp3) is 0.818. The average Bonchev–Trinajstić information content (AvgIpc) is 2.26. The molecule has 2 amide bonds. The number of likely N-dealkylation sites (tertiary alicyclic amines) is 1. The van der Waals surface area contributed by atoms with E-state index >= 15 is 0 Å². The average molecular weight is 228 g/mol. The molecule has 5 nitrogen and oxygen atoms in total. The Morgan fingerprint density at radius 2 is 2.25 bits per heavy atom. The second-order valence-electron chi connectivity index (χ2n) is 4.16. The molecule has 1 fully saturated rings. The van der Waals surface area contributed by atoms with Crippen LogP contribution in [0, 0.1) is 5.92 Å². The number of ether oxygens (including phenoxy) is 1. The molecule has 0 aromatic heterocycles. The van der Waals surface area contributed by atoms with Gasteiger partial charge in [0.05, 0.1) is 6.61 Å². The maximum Gasteiger partial charge on any atom is 0.325 e. The normalized spacial score (nSPS) is 20.4. The minimum atomic E-state index is -0.388. The van der Waals surface area contributed by atoms with Crippen molar-refractivity contribution in [1.29, 1.82) is 0 Å². The summed E-state index contributed by atoms with van der Waals surface area (Å²) in [6.07, 6.45) is 2.20. The van der Waals surface area contributed by atoms with E-state index in [0.717, 1.165) is 19.5 Å². The maximum absolute atomic E-state index is 11.7. The maximum atomic E-state index is 11.7. The van der Waals surface area contributed by atoms with Crippen molar-refractivity contribution >= 4 is 12.0 Å². The lowest BCUT2D eigenvalue weighted by atomic mass is 10.0. The molecule has 1 N–H and O–H groups in total. The van der Waals surface area contributed by atoms with Gasteiger partial charge in [0.15, 0.2) is 0 Å². The summed E-state index contributed by atoms with van der Waals surface area (Å²) in [6.45, 7) is 5.72. The number of rotatable bonds is 3. The van der Waals surface area contributed by atoms with E-state index in [1.165, 1.54) is 6.42 Å². The molecule has 0 bridgehead atoms. The number of nitrogens with zero attached hydrogens (tertiary/aromatic N) is 1. The Balaban J connectivity index is 2.26. The van der Waals surface area contributed by atoms with Crippen LogP contribution in [0.2, 0.25) is 0 Å². The number of esters is 1. The van der Waals surface area contributed by atoms with E-state index in [1.807, 2.05) is 0 Å². The lowest BCUT2D eigenvalue weighted by Gasteiger charge is -2.30. The van der Waals surface area contributed by atoms with Crippen LogP contribution in [0.4, 0.5) is 4.79 Å². The number of hydrogen-bond acceptors (Lipinski definition) is 3. The van der Waals surface area contributed by atoms with E-state index in [-0.39, 0.29) is 18.5 Å². The molecule has 1 saturated heterocycles. The summed E-state index contributed by atoms with van der Waals surface area (Å²) in [5.41, 5.74) is 0. The molecular formula is C11H20N2O3. The van der Waals surface area contributed by atoms with Gasteiger partial charge in [0, 0.05) is 13.1 Å². The Morgan fingerprint density at radius 1 is 1.50 bits per heavy atom. The van der Waals surface area contributed by atoms with Crippen molar-refractivity contribution in [2.24, 2.45) is 5.92 Å². The third-order valence-corrected chi connectivity index (χ3v) is 2.63. The van der Waals surface area contributed by atoms with Crippen LogP contribution in [-0.4, -0.2) is 43.1 Å². The molecule has 1 heterocycles. The van der Waals surface area contributed by atoms with Crippen LogP contribution in [-0.2, 0) is 9.53 Å². The SMILES string of the molecule is CCOC(=O)CNC(=O)N1CCCC(C)C1. The zero-order valence-corrected chi connectivity index (χ0v) is 9.99. The van der Waals surface area contributed by atoms with Gasteiger partial charge in [-0.05, 0) is 25.7 Å². The highest BCUT2D eigenvalue weighted by Crippen LogP contribution is 2.14. The Labute approximate surface area is 96.1 Å². The molecule has 1 aliphatic heterocycles. The zero-order valence-electron chi connectivity index (χ0n) is 9.99. The van der Waals surface area contributed by atoms with Crippen LogP contribution in [0.3, 0.4) is 0 Å². The first-order valence-corrected chi connectivity index (χ1v) is 5.82. The van der Waals surface area contributed by atoms with E-state index in [1.54, 1.807) is 11.8 Å². The standard InChI is InChI=1S/C11H20N2O3/c1-3-16-10(14)7-12-11(15)13-6-4-5-9(2)8-13/h9H,3-8H2,1-2H3,(H,12,15). The van der Waals surface area contributed by atoms with Gasteiger partial charge in [0.25, 0.3) is 0 Å². The number of carbonyl (C=O) groups excluding carboxylic acids is 2. The van der Waals surface area contributed by atoms with E-state index in [9.17, 15) is 9.59 Å². The molecular weight excluding hydrogens is 208 g/mol. The third-order valence-electron chi connectivity index (χ3n) is 2.63. The Bertz CT molecular complexity index is 256. The number of amides is 2. The first kappa shape index (κ1) is 12.8. The largest absolute Gasteiger partial charge is 0.465 e. The van der Waals surface area contributed by atoms with E-state index in [4.69, 9.17) is 4.74 Å². The Kier molecular flexibility index (Phi) is 5.08. The van der Waals surface area contributed by atoms with Crippen LogP contribution in [0.1, 0.15) is 26.7 Å². The van der Waals surface area contributed by atoms with Crippen LogP contribution in [0.5, 0.6) is 0 Å². The summed E-state index contributed by atoms with van der Waals surface area (Å²) in [5, 5.41) is 2.57. The van der Waals surface area contributed by atoms with Crippen molar-refractivity contribution in [3.8, 4) is 0 Å². The van der Waals surface area contributed by atoms with Crippen molar-refractivity contribution in [1.82, 2.24) is 10.2 Å². The number of nitrogens with one attached hydrogen (secondary N) is 1. The predicted molar refractivity (Wildman–Crippen MR) is 60.0 cm³/mol. The second-order valence-corrected chi connectivity index (χ2v) is 4.16. The van der Waals surface area contributed by atoms with Gasteiger partial charge in [-0.2, -0.15) is 0 Å². The number of carbonyl (C=O) groups is 2. The first-order valence-electron chi connectivity index (χ1n) is 5.82. The van der Waals surface area contributed by atoms with Gasteiger partial charge in [0.1, 0.15) is 6.54 Å². The molecule has 1 rings (SSSR count). The van der Waals surface area contributed by atoms with Gasteiger partial charge in [-0.15, -0.1) is 0 Å². The fourth-order valence-corrected chi connectivity index (χ4v) is 1.85. The highest BCUT2D eigenvalue weighted by Gasteiger charge is 2.20. The molecule has 1 atom stereocenters. The summed E-state index contributed by atoms with van der Waals surface area (Å²) in [6, 6.07) is -0.167. The molecule has 0 spiro atoms. The highest BCUT2D eigenvalue weighted by molar-refractivity contribution is 5.80. The summed E-state index contributed by atoms with van der Waals surface area (Å²) >= 11 is 0. The molecule has 1 aliphatic rings. The first-order chi connectivity index (χ1) is 7.63. The second kappa shape index (κ2) is 6.35. The number of hydrogen-bond donors (Lipinski definition) is 1. The molecule has 0 radical (unpaired) electrons. The van der Waals surface area contributed by atoms with Gasteiger partial charge in [-0.3, -0.25) is 4.79 Å². The highest BCUT2D eigenvalue weighted by atomic mass is 16.5. The smallest absolute Gasteiger partial charge is 0.325 e. The molecule has 0 aliphatic carbocycles. The number of urea groups is 1. The van der Waals surface area contributed by atoms with Crippen molar-refractivity contribution < 1.29 is 14.3 Å². The van der Waals surface area contributed by atoms with Gasteiger partial charge in [-0.25, -0.2) is 4.79 Å². The van der Waals surface area contributed by atoms with E-state index in [0.29, 0.717) is 12.5 Å². The summed E-state index contributed by atoms with van der Waals surface area (Å²) in [5.74, 6) is 0.156. The van der Waals surface area contributed by atoms with E-state index in [2.05, 4.69) is 12.2 Å². The summed E-state index contributed by atoms with van der Waals surface area (Å²) < 4.78 is 4.73. The molecule has 16 heavy (non-hydrogen) atoms. The van der Waals surface area contributed by atoms with E-state index < -0.39 is 0 Å². The number of piperidine rings is 1. The van der Waals surface area contributed by atoms with Crippen LogP contribution in [0.15, 0.2) is 0 Å². The lowest BCUT2D eigenvalue weighted by molar-refractivity contribution is -0.141. The summed E-state index contributed by atoms with van der Waals surface area (Å²) in [7, 11) is 0. The monoisotopic (exact) mass is 228 g/mol. The van der Waals surface area contributed by atoms with Crippen LogP contribution in [0.25, 0.3) is 0 Å². The summed E-state index contributed by atoms with van der Waals surface area (Å²) in [4.78, 5) is 24.5. The van der Waals surface area contributed by atoms with Gasteiger partial charge < -0.3 is 15.0 Å². The lowest BCUT2D eigenvalue weighted by Crippen LogP contribution is -2.46. The molecule has 0 aromatic rings. The molecule has 1 unspecified atom stereocenters. The zero-order chi connectivity index (χ0) is 12.0. The van der Waals surface area contributed by atoms with Crippen LogP contribution >= 0.6 is 0 Å².